The van der Waals surface area contributed by atoms with Crippen LogP contribution in [0, 0.1) is 0 Å². The summed E-state index contributed by atoms with van der Waals surface area (Å²) in [4.78, 5) is 28.1. The molecule has 0 bridgehead atoms. The zero-order valence-corrected chi connectivity index (χ0v) is 16.5. The minimum absolute atomic E-state index is 0.221. The lowest BCUT2D eigenvalue weighted by molar-refractivity contribution is 0.0597. The number of hydrogen-bond donors (Lipinski definition) is 0. The summed E-state index contributed by atoms with van der Waals surface area (Å²) in [5.41, 5.74) is 1.64. The topological polar surface area (TPSA) is 46.6 Å². The molecule has 1 heterocycles. The van der Waals surface area contributed by atoms with Crippen LogP contribution in [0.1, 0.15) is 54.3 Å². The number of allylic oxidation sites excluding steroid dienone is 3. The van der Waals surface area contributed by atoms with Crippen molar-refractivity contribution in [1.82, 2.24) is 4.90 Å². The average molecular weight is 380 g/mol. The smallest absolute Gasteiger partial charge is 0.338 e. The first-order valence-corrected chi connectivity index (χ1v) is 9.35. The van der Waals surface area contributed by atoms with Crippen molar-refractivity contribution in [3.8, 4) is 0 Å². The Balaban J connectivity index is 2.36. The van der Waals surface area contributed by atoms with E-state index in [0.29, 0.717) is 5.02 Å². The summed E-state index contributed by atoms with van der Waals surface area (Å²) in [6.07, 6.45) is 3.70. The summed E-state index contributed by atoms with van der Waals surface area (Å²) in [5.74, 6) is -0.805. The van der Waals surface area contributed by atoms with Crippen molar-refractivity contribution in [1.29, 1.82) is 0 Å². The van der Waals surface area contributed by atoms with E-state index in [1.807, 2.05) is 6.92 Å². The van der Waals surface area contributed by atoms with E-state index in [0.717, 1.165) is 30.1 Å². The molecule has 0 radical (unpaired) electrons. The van der Waals surface area contributed by atoms with Crippen LogP contribution in [0.2, 0.25) is 5.02 Å². The van der Waals surface area contributed by atoms with Crippen LogP contribution in [0.15, 0.2) is 39.9 Å². The Morgan fingerprint density at radius 2 is 2.00 bits per heavy atom. The molecule has 1 aliphatic rings. The van der Waals surface area contributed by atoms with Crippen LogP contribution in [-0.2, 0) is 4.74 Å². The van der Waals surface area contributed by atoms with Crippen LogP contribution in [0.5, 0.6) is 0 Å². The van der Waals surface area contributed by atoms with Gasteiger partial charge in [-0.15, -0.1) is 0 Å². The number of benzene rings is 1. The van der Waals surface area contributed by atoms with Gasteiger partial charge in [-0.05, 0) is 38.5 Å². The summed E-state index contributed by atoms with van der Waals surface area (Å²) in [6, 6.07) is 4.60. The van der Waals surface area contributed by atoms with Gasteiger partial charge in [0.2, 0.25) is 0 Å². The van der Waals surface area contributed by atoms with Gasteiger partial charge >= 0.3 is 5.97 Å². The summed E-state index contributed by atoms with van der Waals surface area (Å²) in [6.45, 7) is 7.11. The van der Waals surface area contributed by atoms with Crippen LogP contribution in [0.25, 0.3) is 0 Å². The molecule has 0 fully saturated rings. The molecule has 1 aromatic rings. The molecule has 0 amide bonds. The second kappa shape index (κ2) is 8.59. The van der Waals surface area contributed by atoms with Gasteiger partial charge in [-0.1, -0.05) is 36.7 Å². The summed E-state index contributed by atoms with van der Waals surface area (Å²) >= 11 is 7.60. The summed E-state index contributed by atoms with van der Waals surface area (Å²) in [7, 11) is 1.29. The lowest BCUT2D eigenvalue weighted by Gasteiger charge is -2.21. The van der Waals surface area contributed by atoms with Crippen molar-refractivity contribution in [2.45, 2.75) is 33.6 Å². The maximum absolute atomic E-state index is 12.8. The summed E-state index contributed by atoms with van der Waals surface area (Å²) < 4.78 is 4.77. The van der Waals surface area contributed by atoms with E-state index < -0.39 is 5.97 Å². The van der Waals surface area contributed by atoms with Gasteiger partial charge in [0.25, 0.3) is 0 Å². The Kier molecular flexibility index (Phi) is 6.73. The number of nitrogens with zero attached hydrogens (tertiary/aromatic N) is 1. The predicted molar refractivity (Wildman–Crippen MR) is 103 cm³/mol. The molecule has 0 N–H and O–H groups in total. The van der Waals surface area contributed by atoms with E-state index >= 15 is 0 Å². The highest BCUT2D eigenvalue weighted by Gasteiger charge is 2.24. The van der Waals surface area contributed by atoms with Crippen molar-refractivity contribution in [2.24, 2.45) is 0 Å². The van der Waals surface area contributed by atoms with E-state index in [1.54, 1.807) is 23.9 Å². The number of thioether (sulfide) groups is 1. The largest absolute Gasteiger partial charge is 0.465 e. The molecule has 1 aliphatic heterocycles. The van der Waals surface area contributed by atoms with Crippen LogP contribution in [-0.4, -0.2) is 30.3 Å². The number of halogens is 1. The lowest BCUT2D eigenvalue weighted by atomic mass is 10.0. The second-order valence-electron chi connectivity index (χ2n) is 5.78. The lowest BCUT2D eigenvalue weighted by Crippen LogP contribution is -2.19. The molecule has 0 saturated carbocycles. The van der Waals surface area contributed by atoms with Crippen LogP contribution in [0.4, 0.5) is 0 Å². The monoisotopic (exact) mass is 379 g/mol. The highest BCUT2D eigenvalue weighted by molar-refractivity contribution is 8.06. The predicted octanol–water partition coefficient (Wildman–Crippen LogP) is 5.25. The van der Waals surface area contributed by atoms with Crippen molar-refractivity contribution in [3.05, 3.63) is 56.1 Å². The van der Waals surface area contributed by atoms with Crippen molar-refractivity contribution in [2.75, 3.05) is 13.7 Å². The van der Waals surface area contributed by atoms with Gasteiger partial charge in [-0.2, -0.15) is 0 Å². The van der Waals surface area contributed by atoms with Gasteiger partial charge in [-0.25, -0.2) is 4.79 Å². The number of esters is 1. The molecular formula is C19H22ClNO3S. The number of rotatable bonds is 6. The van der Waals surface area contributed by atoms with E-state index in [1.165, 1.54) is 24.1 Å². The Labute approximate surface area is 157 Å². The number of ether oxygens (including phenoxy) is 1. The number of hydrogen-bond acceptors (Lipinski definition) is 5. The van der Waals surface area contributed by atoms with E-state index in [4.69, 9.17) is 16.3 Å². The third-order valence-corrected chi connectivity index (χ3v) is 5.46. The average Bonchev–Trinajstić information content (AvgIpc) is 2.85. The number of carbonyl (C=O) groups is 2. The number of unbranched alkanes of at least 4 members (excludes halogenated alkanes) is 1. The molecule has 0 unspecified atom stereocenters. The van der Waals surface area contributed by atoms with Crippen molar-refractivity contribution < 1.29 is 14.3 Å². The fraction of sp³-hybridized carbons (Fsp3) is 0.368. The maximum atomic E-state index is 12.8. The first-order chi connectivity index (χ1) is 11.9. The number of methoxy groups -OCH3 is 1. The molecule has 134 valence electrons. The Morgan fingerprint density at radius 1 is 1.28 bits per heavy atom. The van der Waals surface area contributed by atoms with E-state index in [-0.39, 0.29) is 16.9 Å². The fourth-order valence-electron chi connectivity index (χ4n) is 2.54. The van der Waals surface area contributed by atoms with Gasteiger partial charge in [0.1, 0.15) is 0 Å². The molecule has 0 aromatic heterocycles. The summed E-state index contributed by atoms with van der Waals surface area (Å²) in [5, 5.41) is 1.28. The first kappa shape index (κ1) is 19.6. The number of carbonyl (C=O) groups excluding carboxylic acids is 2. The van der Waals surface area contributed by atoms with Crippen LogP contribution < -0.4 is 0 Å². The molecule has 25 heavy (non-hydrogen) atoms. The van der Waals surface area contributed by atoms with Gasteiger partial charge in [-0.3, -0.25) is 4.79 Å². The van der Waals surface area contributed by atoms with Crippen molar-refractivity contribution >= 4 is 35.1 Å². The minimum atomic E-state index is -0.550. The Bertz CT molecular complexity index is 755. The molecule has 0 spiro atoms. The minimum Gasteiger partial charge on any atom is -0.465 e. The normalized spacial score (nSPS) is 15.9. The van der Waals surface area contributed by atoms with E-state index in [9.17, 15) is 9.59 Å². The Hall–Kier alpha value is -1.72. The SMILES string of the molecule is CCCCN1C(=CC(=O)c2cc(Cl)ccc2C(=O)OC)SC(C)=C1C. The standard InChI is InChI=1S/C19H22ClNO3S/c1-5-6-9-21-12(2)13(3)25-18(21)11-17(22)16-10-14(20)7-8-15(16)19(23)24-4/h7-8,10-11H,5-6,9H2,1-4H3. The molecule has 0 saturated heterocycles. The quantitative estimate of drug-likeness (QED) is 0.383. The number of ketones is 1. The van der Waals surface area contributed by atoms with Gasteiger partial charge in [0.15, 0.2) is 5.78 Å². The van der Waals surface area contributed by atoms with E-state index in [2.05, 4.69) is 18.7 Å². The van der Waals surface area contributed by atoms with Gasteiger partial charge in [0.05, 0.1) is 17.7 Å². The molecular weight excluding hydrogens is 358 g/mol. The molecule has 4 nitrogen and oxygen atoms in total. The third-order valence-electron chi connectivity index (χ3n) is 4.08. The molecule has 0 aliphatic carbocycles. The molecule has 2 rings (SSSR count). The molecule has 0 atom stereocenters. The van der Waals surface area contributed by atoms with Gasteiger partial charge < -0.3 is 9.64 Å². The van der Waals surface area contributed by atoms with Crippen molar-refractivity contribution in [3.63, 3.8) is 0 Å². The zero-order chi connectivity index (χ0) is 18.6. The first-order valence-electron chi connectivity index (χ1n) is 8.15. The second-order valence-corrected chi connectivity index (χ2v) is 7.45. The molecule has 6 heteroatoms. The maximum Gasteiger partial charge on any atom is 0.338 e. The zero-order valence-electron chi connectivity index (χ0n) is 14.9. The third kappa shape index (κ3) is 4.47. The Morgan fingerprint density at radius 3 is 2.64 bits per heavy atom. The van der Waals surface area contributed by atoms with Gasteiger partial charge in [0, 0.05) is 33.8 Å². The van der Waals surface area contributed by atoms with Crippen LogP contribution in [0.3, 0.4) is 0 Å². The molecule has 1 aromatic carbocycles. The fourth-order valence-corrected chi connectivity index (χ4v) is 3.79. The highest BCUT2D eigenvalue weighted by atomic mass is 35.5. The van der Waals surface area contributed by atoms with Crippen LogP contribution >= 0.6 is 23.4 Å². The highest BCUT2D eigenvalue weighted by Crippen LogP contribution is 2.40.